The summed E-state index contributed by atoms with van der Waals surface area (Å²) in [6, 6.07) is 7.67. The number of rotatable bonds is 5. The summed E-state index contributed by atoms with van der Waals surface area (Å²) in [4.78, 5) is 42.2. The fourth-order valence-electron chi connectivity index (χ4n) is 4.94. The van der Waals surface area contributed by atoms with Crippen molar-refractivity contribution in [2.45, 2.75) is 43.7 Å². The molecule has 0 aliphatic carbocycles. The Balaban J connectivity index is 1.25. The maximum absolute atomic E-state index is 13.4. The van der Waals surface area contributed by atoms with Gasteiger partial charge in [-0.3, -0.25) is 14.4 Å². The second kappa shape index (κ2) is 8.96. The van der Waals surface area contributed by atoms with Crippen molar-refractivity contribution in [3.63, 3.8) is 0 Å². The van der Waals surface area contributed by atoms with Crippen LogP contribution in [0.3, 0.4) is 0 Å². The van der Waals surface area contributed by atoms with E-state index in [2.05, 4.69) is 5.32 Å². The van der Waals surface area contributed by atoms with E-state index in [-0.39, 0.29) is 47.5 Å². The van der Waals surface area contributed by atoms with Crippen LogP contribution >= 0.6 is 11.6 Å². The van der Waals surface area contributed by atoms with Gasteiger partial charge in [-0.15, -0.1) is 0 Å². The molecule has 3 heterocycles. The molecule has 3 aliphatic heterocycles. The summed E-state index contributed by atoms with van der Waals surface area (Å²) in [5.41, 5.74) is 0.973. The van der Waals surface area contributed by atoms with Gasteiger partial charge >= 0.3 is 0 Å². The largest absolute Gasteiger partial charge is 0.372 e. The molecule has 0 bridgehead atoms. The number of nitrogens with zero attached hydrogens (tertiary/aromatic N) is 2. The SMILES string of the molecule is O=C(NC1CCN2C(=O)C3CC(OCc4ccc(F)cc4)CN3C(=O)C12)c1ccc(F)c(Cl)c1. The highest BCUT2D eigenvalue weighted by Crippen LogP contribution is 2.34. The van der Waals surface area contributed by atoms with Crippen LogP contribution in [0.1, 0.15) is 28.8 Å². The minimum Gasteiger partial charge on any atom is -0.372 e. The lowest BCUT2D eigenvalue weighted by Crippen LogP contribution is -2.64. The summed E-state index contributed by atoms with van der Waals surface area (Å²) in [6.45, 7) is 0.880. The Bertz CT molecular complexity index is 1150. The van der Waals surface area contributed by atoms with E-state index in [1.165, 1.54) is 34.1 Å². The number of hydrogen-bond donors (Lipinski definition) is 1. The number of carbonyl (C=O) groups is 3. The fraction of sp³-hybridized carbons (Fsp3) is 0.375. The van der Waals surface area contributed by atoms with Crippen molar-refractivity contribution in [1.82, 2.24) is 15.1 Å². The monoisotopic (exact) mass is 489 g/mol. The lowest BCUT2D eigenvalue weighted by Gasteiger charge is -2.40. The van der Waals surface area contributed by atoms with Gasteiger partial charge in [-0.2, -0.15) is 0 Å². The molecule has 1 N–H and O–H groups in total. The highest BCUT2D eigenvalue weighted by Gasteiger charge is 2.55. The third-order valence-corrected chi connectivity index (χ3v) is 6.95. The summed E-state index contributed by atoms with van der Waals surface area (Å²) in [7, 11) is 0. The van der Waals surface area contributed by atoms with Gasteiger partial charge in [0.05, 0.1) is 23.8 Å². The third-order valence-electron chi connectivity index (χ3n) is 6.66. The van der Waals surface area contributed by atoms with E-state index in [0.717, 1.165) is 11.6 Å². The molecule has 10 heteroatoms. The van der Waals surface area contributed by atoms with Crippen LogP contribution < -0.4 is 5.32 Å². The smallest absolute Gasteiger partial charge is 0.251 e. The molecule has 2 aromatic carbocycles. The second-order valence-corrected chi connectivity index (χ2v) is 9.18. The molecule has 0 saturated carbocycles. The van der Waals surface area contributed by atoms with Crippen LogP contribution in [-0.4, -0.2) is 64.8 Å². The van der Waals surface area contributed by atoms with E-state index in [4.69, 9.17) is 16.3 Å². The molecular weight excluding hydrogens is 468 g/mol. The Morgan fingerprint density at radius 1 is 1.09 bits per heavy atom. The molecule has 34 heavy (non-hydrogen) atoms. The number of benzene rings is 2. The van der Waals surface area contributed by atoms with E-state index in [1.54, 1.807) is 12.1 Å². The molecule has 178 valence electrons. The number of ether oxygens (including phenoxy) is 1. The summed E-state index contributed by atoms with van der Waals surface area (Å²) in [5.74, 6) is -1.83. The van der Waals surface area contributed by atoms with E-state index in [9.17, 15) is 23.2 Å². The van der Waals surface area contributed by atoms with Gasteiger partial charge in [0.15, 0.2) is 0 Å². The molecule has 3 saturated heterocycles. The van der Waals surface area contributed by atoms with Crippen molar-refractivity contribution in [2.75, 3.05) is 13.1 Å². The topological polar surface area (TPSA) is 79.0 Å². The van der Waals surface area contributed by atoms with Crippen molar-refractivity contribution in [3.8, 4) is 0 Å². The lowest BCUT2D eigenvalue weighted by molar-refractivity contribution is -0.157. The second-order valence-electron chi connectivity index (χ2n) is 8.78. The van der Waals surface area contributed by atoms with Crippen molar-refractivity contribution in [3.05, 3.63) is 70.2 Å². The Hall–Kier alpha value is -3.04. The normalized spacial score (nSPS) is 26.0. The van der Waals surface area contributed by atoms with Crippen LogP contribution in [-0.2, 0) is 20.9 Å². The van der Waals surface area contributed by atoms with E-state index >= 15 is 0 Å². The molecule has 4 unspecified atom stereocenters. The number of halogens is 3. The molecule has 7 nitrogen and oxygen atoms in total. The van der Waals surface area contributed by atoms with E-state index in [0.29, 0.717) is 19.4 Å². The van der Waals surface area contributed by atoms with E-state index < -0.39 is 29.8 Å². The van der Waals surface area contributed by atoms with Gasteiger partial charge in [0.1, 0.15) is 23.7 Å². The molecule has 4 atom stereocenters. The average molecular weight is 490 g/mol. The van der Waals surface area contributed by atoms with Crippen molar-refractivity contribution in [2.24, 2.45) is 0 Å². The third kappa shape index (κ3) is 4.14. The Kier molecular flexibility index (Phi) is 5.99. The Morgan fingerprint density at radius 2 is 1.85 bits per heavy atom. The fourth-order valence-corrected chi connectivity index (χ4v) is 5.12. The molecular formula is C24H22ClF2N3O4. The molecule has 3 fully saturated rings. The number of hydrogen-bond acceptors (Lipinski definition) is 4. The van der Waals surface area contributed by atoms with Gasteiger partial charge in [-0.25, -0.2) is 8.78 Å². The Labute approximate surface area is 199 Å². The summed E-state index contributed by atoms with van der Waals surface area (Å²) in [5, 5.41) is 2.64. The van der Waals surface area contributed by atoms with Crippen LogP contribution in [0.15, 0.2) is 42.5 Å². The van der Waals surface area contributed by atoms with Crippen LogP contribution in [0.5, 0.6) is 0 Å². The number of fused-ring (bicyclic) bond motifs is 2. The van der Waals surface area contributed by atoms with Crippen LogP contribution in [0.4, 0.5) is 8.78 Å². The minimum atomic E-state index is -0.792. The summed E-state index contributed by atoms with van der Waals surface area (Å²) >= 11 is 5.78. The molecule has 3 amide bonds. The van der Waals surface area contributed by atoms with Crippen LogP contribution in [0, 0.1) is 11.6 Å². The van der Waals surface area contributed by atoms with Crippen LogP contribution in [0.25, 0.3) is 0 Å². The molecule has 3 aliphatic rings. The standard InChI is InChI=1S/C24H22ClF2N3O4/c25-17-9-14(3-6-18(17)27)22(31)28-19-7-8-29-21(19)24(33)30-11-16(10-20(30)23(29)32)34-12-13-1-4-15(26)5-2-13/h1-6,9,16,19-21H,7-8,10-12H2,(H,28,31). The molecule has 2 aromatic rings. The number of nitrogens with one attached hydrogen (secondary N) is 1. The lowest BCUT2D eigenvalue weighted by atomic mass is 10.0. The first-order chi connectivity index (χ1) is 16.3. The number of carbonyl (C=O) groups excluding carboxylic acids is 3. The quantitative estimate of drug-likeness (QED) is 0.700. The maximum Gasteiger partial charge on any atom is 0.251 e. The first-order valence-corrected chi connectivity index (χ1v) is 11.4. The number of piperazine rings is 1. The van der Waals surface area contributed by atoms with Gasteiger partial charge in [-0.05, 0) is 42.3 Å². The van der Waals surface area contributed by atoms with Gasteiger partial charge in [-0.1, -0.05) is 23.7 Å². The highest BCUT2D eigenvalue weighted by atomic mass is 35.5. The molecule has 0 radical (unpaired) electrons. The summed E-state index contributed by atoms with van der Waals surface area (Å²) in [6.07, 6.45) is 0.505. The minimum absolute atomic E-state index is 0.154. The maximum atomic E-state index is 13.4. The average Bonchev–Trinajstić information content (AvgIpc) is 3.44. The zero-order valence-electron chi connectivity index (χ0n) is 18.0. The first kappa shape index (κ1) is 22.7. The van der Waals surface area contributed by atoms with Gasteiger partial charge < -0.3 is 19.9 Å². The van der Waals surface area contributed by atoms with Gasteiger partial charge in [0.2, 0.25) is 11.8 Å². The predicted molar refractivity (Wildman–Crippen MR) is 118 cm³/mol. The number of amides is 3. The molecule has 0 spiro atoms. The van der Waals surface area contributed by atoms with E-state index in [1.807, 2.05) is 0 Å². The zero-order chi connectivity index (χ0) is 24.0. The predicted octanol–water partition coefficient (Wildman–Crippen LogP) is 2.52. The first-order valence-electron chi connectivity index (χ1n) is 11.0. The van der Waals surface area contributed by atoms with Crippen molar-refractivity contribution < 1.29 is 27.9 Å². The van der Waals surface area contributed by atoms with Crippen molar-refractivity contribution >= 4 is 29.3 Å². The van der Waals surface area contributed by atoms with Gasteiger partial charge in [0, 0.05) is 25.1 Å². The molecule has 5 rings (SSSR count). The Morgan fingerprint density at radius 3 is 2.59 bits per heavy atom. The highest BCUT2D eigenvalue weighted by molar-refractivity contribution is 6.31. The van der Waals surface area contributed by atoms with Crippen molar-refractivity contribution in [1.29, 1.82) is 0 Å². The molecule has 0 aromatic heterocycles. The van der Waals surface area contributed by atoms with Gasteiger partial charge in [0.25, 0.3) is 5.91 Å². The summed E-state index contributed by atoms with van der Waals surface area (Å²) < 4.78 is 32.4. The zero-order valence-corrected chi connectivity index (χ0v) is 18.8. The van der Waals surface area contributed by atoms with Crippen LogP contribution in [0.2, 0.25) is 5.02 Å².